The third-order valence-electron chi connectivity index (χ3n) is 4.54. The molecule has 0 aliphatic rings. The molecule has 0 bridgehead atoms. The third kappa shape index (κ3) is 4.11. The summed E-state index contributed by atoms with van der Waals surface area (Å²) in [4.78, 5) is 16.5. The Hall–Kier alpha value is -3.46. The van der Waals surface area contributed by atoms with Crippen molar-refractivity contribution in [2.45, 2.75) is 26.9 Å². The van der Waals surface area contributed by atoms with Crippen LogP contribution in [0, 0.1) is 19.7 Å². The number of carbonyl (C=O) groups excluding carboxylic acids is 1. The van der Waals surface area contributed by atoms with Gasteiger partial charge in [-0.25, -0.2) is 14.1 Å². The Balaban J connectivity index is 1.41. The first kappa shape index (κ1) is 19.8. The SMILES string of the molecule is Cc1nn(Cc2ccc(C(=O)Nc3ncn(Cc4ccccc4F)n3)o2)c(C)c1Cl. The molecule has 3 heterocycles. The topological polar surface area (TPSA) is 90.8 Å². The standard InChI is InChI=1S/C20H18ClFN6O2/c1-12-18(21)13(2)28(25-12)10-15-7-8-17(30-15)19(29)24-20-23-11-27(26-20)9-14-5-3-4-6-16(14)22/h3-8,11H,9-10H2,1-2H3,(H,24,26,29). The average Bonchev–Trinajstić information content (AvgIpc) is 3.42. The number of aromatic nitrogens is 5. The summed E-state index contributed by atoms with van der Waals surface area (Å²) in [5.41, 5.74) is 2.03. The summed E-state index contributed by atoms with van der Waals surface area (Å²) in [5, 5.41) is 11.7. The van der Waals surface area contributed by atoms with Gasteiger partial charge < -0.3 is 4.42 Å². The molecule has 0 fully saturated rings. The third-order valence-corrected chi connectivity index (χ3v) is 5.08. The molecule has 10 heteroatoms. The highest BCUT2D eigenvalue weighted by atomic mass is 35.5. The monoisotopic (exact) mass is 428 g/mol. The van der Waals surface area contributed by atoms with E-state index in [9.17, 15) is 9.18 Å². The zero-order valence-corrected chi connectivity index (χ0v) is 17.0. The Morgan fingerprint density at radius 1 is 1.17 bits per heavy atom. The van der Waals surface area contributed by atoms with E-state index in [4.69, 9.17) is 16.0 Å². The van der Waals surface area contributed by atoms with Crippen LogP contribution in [-0.2, 0) is 13.1 Å². The van der Waals surface area contributed by atoms with Crippen molar-refractivity contribution in [2.24, 2.45) is 0 Å². The van der Waals surface area contributed by atoms with Gasteiger partial charge in [-0.05, 0) is 32.0 Å². The summed E-state index contributed by atoms with van der Waals surface area (Å²) in [6, 6.07) is 9.66. The smallest absolute Gasteiger partial charge is 0.293 e. The van der Waals surface area contributed by atoms with E-state index in [1.54, 1.807) is 35.0 Å². The first-order chi connectivity index (χ1) is 14.4. The van der Waals surface area contributed by atoms with Crippen molar-refractivity contribution in [2.75, 3.05) is 5.32 Å². The maximum absolute atomic E-state index is 13.8. The van der Waals surface area contributed by atoms with Crippen molar-refractivity contribution >= 4 is 23.5 Å². The summed E-state index contributed by atoms with van der Waals surface area (Å²) in [5.74, 6) is -0.0509. The summed E-state index contributed by atoms with van der Waals surface area (Å²) >= 11 is 6.16. The molecule has 0 radical (unpaired) electrons. The van der Waals surface area contributed by atoms with E-state index in [0.29, 0.717) is 22.9 Å². The molecule has 8 nitrogen and oxygen atoms in total. The molecule has 1 amide bonds. The molecule has 4 aromatic rings. The molecule has 154 valence electrons. The minimum atomic E-state index is -0.490. The minimum absolute atomic E-state index is 0.0969. The van der Waals surface area contributed by atoms with E-state index >= 15 is 0 Å². The predicted molar refractivity (Wildman–Crippen MR) is 108 cm³/mol. The molecule has 0 aliphatic carbocycles. The highest BCUT2D eigenvalue weighted by molar-refractivity contribution is 6.31. The first-order valence-electron chi connectivity index (χ1n) is 9.13. The maximum Gasteiger partial charge on any atom is 0.293 e. The number of nitrogens with zero attached hydrogens (tertiary/aromatic N) is 5. The Morgan fingerprint density at radius 3 is 2.70 bits per heavy atom. The van der Waals surface area contributed by atoms with Crippen LogP contribution < -0.4 is 5.32 Å². The lowest BCUT2D eigenvalue weighted by atomic mass is 10.2. The summed E-state index contributed by atoms with van der Waals surface area (Å²) in [7, 11) is 0. The molecular formula is C20H18ClFN6O2. The highest BCUT2D eigenvalue weighted by Crippen LogP contribution is 2.20. The lowest BCUT2D eigenvalue weighted by Crippen LogP contribution is -2.13. The minimum Gasteiger partial charge on any atom is -0.454 e. The van der Waals surface area contributed by atoms with Gasteiger partial charge in [0.05, 0.1) is 29.5 Å². The first-order valence-corrected chi connectivity index (χ1v) is 9.51. The Morgan fingerprint density at radius 2 is 1.97 bits per heavy atom. The van der Waals surface area contributed by atoms with Crippen LogP contribution in [0.15, 0.2) is 47.1 Å². The van der Waals surface area contributed by atoms with Gasteiger partial charge in [-0.2, -0.15) is 5.10 Å². The number of nitrogens with one attached hydrogen (secondary N) is 1. The molecule has 3 aromatic heterocycles. The molecule has 1 N–H and O–H groups in total. The Labute approximate surface area is 176 Å². The molecule has 4 rings (SSSR count). The van der Waals surface area contributed by atoms with Crippen LogP contribution in [0.1, 0.15) is 33.3 Å². The quantitative estimate of drug-likeness (QED) is 0.504. The number of aryl methyl sites for hydroxylation is 1. The van der Waals surface area contributed by atoms with Crippen molar-refractivity contribution in [1.29, 1.82) is 0 Å². The lowest BCUT2D eigenvalue weighted by Gasteiger charge is -2.02. The summed E-state index contributed by atoms with van der Waals surface area (Å²) in [6.45, 7) is 4.24. The number of amides is 1. The van der Waals surface area contributed by atoms with Crippen molar-refractivity contribution in [3.05, 3.63) is 82.0 Å². The molecule has 0 aliphatic heterocycles. The average molecular weight is 429 g/mol. The number of furan rings is 1. The van der Waals surface area contributed by atoms with Gasteiger partial charge in [-0.1, -0.05) is 29.8 Å². The van der Waals surface area contributed by atoms with Gasteiger partial charge >= 0.3 is 0 Å². The Kier molecular flexibility index (Phi) is 5.37. The van der Waals surface area contributed by atoms with Gasteiger partial charge in [0.25, 0.3) is 5.91 Å². The van der Waals surface area contributed by atoms with Crippen molar-refractivity contribution in [3.8, 4) is 0 Å². The second-order valence-corrected chi connectivity index (χ2v) is 7.10. The maximum atomic E-state index is 13.8. The van der Waals surface area contributed by atoms with Gasteiger partial charge in [0.2, 0.25) is 5.95 Å². The zero-order chi connectivity index (χ0) is 21.3. The van der Waals surface area contributed by atoms with Crippen molar-refractivity contribution in [1.82, 2.24) is 24.5 Å². The van der Waals surface area contributed by atoms with Gasteiger partial charge in [0, 0.05) is 5.56 Å². The van der Waals surface area contributed by atoms with E-state index in [1.165, 1.54) is 17.1 Å². The molecular weight excluding hydrogens is 411 g/mol. The molecule has 1 aromatic carbocycles. The fraction of sp³-hybridized carbons (Fsp3) is 0.200. The van der Waals surface area contributed by atoms with Crippen LogP contribution in [0.3, 0.4) is 0 Å². The zero-order valence-electron chi connectivity index (χ0n) is 16.3. The Bertz CT molecular complexity index is 1210. The van der Waals surface area contributed by atoms with E-state index in [0.717, 1.165) is 11.4 Å². The molecule has 0 atom stereocenters. The number of carbonyl (C=O) groups is 1. The lowest BCUT2D eigenvalue weighted by molar-refractivity contribution is 0.0993. The number of hydrogen-bond acceptors (Lipinski definition) is 5. The van der Waals surface area contributed by atoms with Gasteiger partial charge in [-0.3, -0.25) is 14.8 Å². The van der Waals surface area contributed by atoms with Crippen molar-refractivity contribution in [3.63, 3.8) is 0 Å². The normalized spacial score (nSPS) is 11.1. The van der Waals surface area contributed by atoms with Crippen LogP contribution in [0.25, 0.3) is 0 Å². The molecule has 0 saturated heterocycles. The van der Waals surface area contributed by atoms with Crippen LogP contribution in [0.5, 0.6) is 0 Å². The van der Waals surface area contributed by atoms with Crippen LogP contribution >= 0.6 is 11.6 Å². The summed E-state index contributed by atoms with van der Waals surface area (Å²) in [6.07, 6.45) is 1.42. The fourth-order valence-electron chi connectivity index (χ4n) is 2.95. The number of benzene rings is 1. The van der Waals surface area contributed by atoms with E-state index in [-0.39, 0.29) is 24.1 Å². The van der Waals surface area contributed by atoms with Crippen molar-refractivity contribution < 1.29 is 13.6 Å². The van der Waals surface area contributed by atoms with Gasteiger partial charge in [0.15, 0.2) is 5.76 Å². The van der Waals surface area contributed by atoms with Gasteiger partial charge in [0.1, 0.15) is 17.9 Å². The number of anilines is 1. The second kappa shape index (κ2) is 8.11. The van der Waals surface area contributed by atoms with E-state index in [2.05, 4.69) is 20.5 Å². The molecule has 0 unspecified atom stereocenters. The molecule has 0 saturated carbocycles. The predicted octanol–water partition coefficient (Wildman–Crippen LogP) is 3.83. The number of hydrogen-bond donors (Lipinski definition) is 1. The number of halogens is 2. The second-order valence-electron chi connectivity index (χ2n) is 6.72. The molecule has 0 spiro atoms. The fourth-order valence-corrected chi connectivity index (χ4v) is 3.09. The summed E-state index contributed by atoms with van der Waals surface area (Å²) < 4.78 is 22.5. The van der Waals surface area contributed by atoms with Crippen LogP contribution in [0.2, 0.25) is 5.02 Å². The largest absolute Gasteiger partial charge is 0.454 e. The van der Waals surface area contributed by atoms with E-state index < -0.39 is 5.91 Å². The van der Waals surface area contributed by atoms with Crippen LogP contribution in [-0.4, -0.2) is 30.5 Å². The van der Waals surface area contributed by atoms with E-state index in [1.807, 2.05) is 13.8 Å². The number of rotatable bonds is 6. The van der Waals surface area contributed by atoms with Crippen LogP contribution in [0.4, 0.5) is 10.3 Å². The molecule has 30 heavy (non-hydrogen) atoms. The van der Waals surface area contributed by atoms with Gasteiger partial charge in [-0.15, -0.1) is 5.10 Å². The highest BCUT2D eigenvalue weighted by Gasteiger charge is 2.16.